The van der Waals surface area contributed by atoms with Gasteiger partial charge in [-0.2, -0.15) is 18.3 Å². The number of anilines is 1. The Hall–Kier alpha value is -3.76. The van der Waals surface area contributed by atoms with Crippen LogP contribution >= 0.6 is 0 Å². The second kappa shape index (κ2) is 6.20. The molecule has 0 aliphatic rings. The van der Waals surface area contributed by atoms with Gasteiger partial charge in [0, 0.05) is 30.9 Å². The molecule has 0 radical (unpaired) electrons. The summed E-state index contributed by atoms with van der Waals surface area (Å²) in [6.07, 6.45) is 2.42. The maximum atomic E-state index is 13.1. The van der Waals surface area contributed by atoms with Crippen LogP contribution in [0.15, 0.2) is 55.2 Å². The molecule has 1 N–H and O–H groups in total. The number of halogens is 3. The van der Waals surface area contributed by atoms with Crippen LogP contribution in [0.1, 0.15) is 15.9 Å². The molecule has 0 aromatic carbocycles. The van der Waals surface area contributed by atoms with Crippen LogP contribution in [0.5, 0.6) is 0 Å². The van der Waals surface area contributed by atoms with Crippen LogP contribution in [0.3, 0.4) is 0 Å². The number of nitrogens with zero attached hydrogens (tertiary/aromatic N) is 6. The van der Waals surface area contributed by atoms with Crippen molar-refractivity contribution >= 4 is 17.4 Å². The lowest BCUT2D eigenvalue weighted by molar-refractivity contribution is -0.137. The predicted octanol–water partition coefficient (Wildman–Crippen LogP) is 2.58. The highest BCUT2D eigenvalue weighted by molar-refractivity contribution is 6.07. The van der Waals surface area contributed by atoms with Crippen LogP contribution in [0.25, 0.3) is 11.5 Å². The largest absolute Gasteiger partial charge is 0.420 e. The third-order valence-corrected chi connectivity index (χ3v) is 3.66. The van der Waals surface area contributed by atoms with E-state index in [0.717, 1.165) is 10.7 Å². The number of hydrogen-bond donors (Lipinski definition) is 1. The standard InChI is InChI=1S/C16H10F3N7O/c17-16(18,19)11-3-1-5-21-14(11)26-8-4-12(24-26)23-15(27)10-9-22-25-7-2-6-20-13(10)25/h1-9H,(H,23,24,27). The number of carbonyl (C=O) groups is 1. The maximum absolute atomic E-state index is 13.1. The van der Waals surface area contributed by atoms with Crippen molar-refractivity contribution in [2.45, 2.75) is 6.18 Å². The van der Waals surface area contributed by atoms with E-state index in [9.17, 15) is 18.0 Å². The number of hydrogen-bond acceptors (Lipinski definition) is 5. The van der Waals surface area contributed by atoms with Gasteiger partial charge in [-0.1, -0.05) is 0 Å². The van der Waals surface area contributed by atoms with Gasteiger partial charge in [-0.25, -0.2) is 19.2 Å². The Morgan fingerprint density at radius 2 is 1.89 bits per heavy atom. The molecule has 0 atom stereocenters. The Bertz CT molecular complexity index is 1130. The number of aromatic nitrogens is 6. The van der Waals surface area contributed by atoms with E-state index in [0.29, 0.717) is 5.65 Å². The molecular formula is C16H10F3N7O. The third kappa shape index (κ3) is 3.10. The molecule has 0 unspecified atom stereocenters. The predicted molar refractivity (Wildman–Crippen MR) is 87.3 cm³/mol. The van der Waals surface area contributed by atoms with Gasteiger partial charge in [0.25, 0.3) is 5.91 Å². The molecule has 4 aromatic rings. The molecule has 0 saturated carbocycles. The van der Waals surface area contributed by atoms with Crippen LogP contribution in [0.4, 0.5) is 19.0 Å². The van der Waals surface area contributed by atoms with Crippen LogP contribution < -0.4 is 5.32 Å². The van der Waals surface area contributed by atoms with Crippen molar-refractivity contribution in [3.8, 4) is 5.82 Å². The summed E-state index contributed by atoms with van der Waals surface area (Å²) in [5.74, 6) is -0.858. The molecule has 0 bridgehead atoms. The lowest BCUT2D eigenvalue weighted by Gasteiger charge is -2.11. The first-order valence-electron chi connectivity index (χ1n) is 7.61. The highest BCUT2D eigenvalue weighted by Crippen LogP contribution is 2.32. The molecule has 0 saturated heterocycles. The molecule has 8 nitrogen and oxygen atoms in total. The van der Waals surface area contributed by atoms with E-state index in [1.807, 2.05) is 0 Å². The van der Waals surface area contributed by atoms with E-state index in [2.05, 4.69) is 25.5 Å². The van der Waals surface area contributed by atoms with Gasteiger partial charge >= 0.3 is 6.18 Å². The summed E-state index contributed by atoms with van der Waals surface area (Å²) in [5.41, 5.74) is -0.379. The van der Waals surface area contributed by atoms with Gasteiger partial charge in [-0.05, 0) is 18.2 Å². The molecule has 11 heteroatoms. The van der Waals surface area contributed by atoms with Crippen LogP contribution in [0.2, 0.25) is 0 Å². The maximum Gasteiger partial charge on any atom is 0.420 e. The van der Waals surface area contributed by atoms with E-state index in [4.69, 9.17) is 0 Å². The van der Waals surface area contributed by atoms with Crippen molar-refractivity contribution in [1.29, 1.82) is 0 Å². The fourth-order valence-corrected chi connectivity index (χ4v) is 2.48. The molecule has 0 aliphatic carbocycles. The van der Waals surface area contributed by atoms with Gasteiger partial charge in [0.05, 0.1) is 6.20 Å². The lowest BCUT2D eigenvalue weighted by atomic mass is 10.2. The molecule has 136 valence electrons. The van der Waals surface area contributed by atoms with Gasteiger partial charge in [0.2, 0.25) is 0 Å². The molecule has 4 aromatic heterocycles. The minimum Gasteiger partial charge on any atom is -0.305 e. The molecule has 4 heterocycles. The smallest absolute Gasteiger partial charge is 0.305 e. The van der Waals surface area contributed by atoms with Crippen LogP contribution in [-0.2, 0) is 6.18 Å². The molecule has 4 rings (SSSR count). The van der Waals surface area contributed by atoms with Crippen molar-refractivity contribution in [2.24, 2.45) is 0 Å². The van der Waals surface area contributed by atoms with E-state index in [1.165, 1.54) is 41.4 Å². The minimum atomic E-state index is -4.58. The van der Waals surface area contributed by atoms with E-state index in [-0.39, 0.29) is 17.2 Å². The van der Waals surface area contributed by atoms with Crippen LogP contribution in [0, 0.1) is 0 Å². The number of nitrogens with one attached hydrogen (secondary N) is 1. The zero-order valence-corrected chi connectivity index (χ0v) is 13.4. The minimum absolute atomic E-state index is 0.0639. The Kier molecular flexibility index (Phi) is 3.83. The lowest BCUT2D eigenvalue weighted by Crippen LogP contribution is -2.14. The van der Waals surface area contributed by atoms with Crippen molar-refractivity contribution < 1.29 is 18.0 Å². The fraction of sp³-hybridized carbons (Fsp3) is 0.0625. The SMILES string of the molecule is O=C(Nc1ccn(-c2ncccc2C(F)(F)F)n1)c1cnn2cccnc12. The third-order valence-electron chi connectivity index (χ3n) is 3.66. The quantitative estimate of drug-likeness (QED) is 0.596. The average Bonchev–Trinajstić information content (AvgIpc) is 3.28. The Morgan fingerprint density at radius 1 is 1.07 bits per heavy atom. The molecule has 0 fully saturated rings. The number of alkyl halides is 3. The highest BCUT2D eigenvalue weighted by atomic mass is 19.4. The first-order chi connectivity index (χ1) is 12.9. The first-order valence-corrected chi connectivity index (χ1v) is 7.61. The Balaban J connectivity index is 1.62. The van der Waals surface area contributed by atoms with E-state index >= 15 is 0 Å². The Morgan fingerprint density at radius 3 is 2.70 bits per heavy atom. The summed E-state index contributed by atoms with van der Waals surface area (Å²) >= 11 is 0. The van der Waals surface area contributed by atoms with Gasteiger partial charge in [-0.3, -0.25) is 4.79 Å². The number of rotatable bonds is 3. The summed E-state index contributed by atoms with van der Waals surface area (Å²) in [6, 6.07) is 5.13. The molecular weight excluding hydrogens is 363 g/mol. The molecule has 0 aliphatic heterocycles. The van der Waals surface area contributed by atoms with Crippen LogP contribution in [-0.4, -0.2) is 35.3 Å². The number of carbonyl (C=O) groups excluding carboxylic acids is 1. The normalized spacial score (nSPS) is 11.7. The number of fused-ring (bicyclic) bond motifs is 1. The number of pyridine rings is 1. The fourth-order valence-electron chi connectivity index (χ4n) is 2.48. The summed E-state index contributed by atoms with van der Waals surface area (Å²) in [4.78, 5) is 20.2. The van der Waals surface area contributed by atoms with Gasteiger partial charge in [0.1, 0.15) is 11.1 Å². The topological polar surface area (TPSA) is 90.0 Å². The van der Waals surface area contributed by atoms with Gasteiger partial charge in [0.15, 0.2) is 17.3 Å². The van der Waals surface area contributed by atoms with Crippen molar-refractivity contribution in [2.75, 3.05) is 5.32 Å². The Labute approximate surface area is 149 Å². The van der Waals surface area contributed by atoms with E-state index in [1.54, 1.807) is 12.3 Å². The zero-order chi connectivity index (χ0) is 19.0. The zero-order valence-electron chi connectivity index (χ0n) is 13.4. The van der Waals surface area contributed by atoms with Crippen molar-refractivity contribution in [1.82, 2.24) is 29.4 Å². The summed E-state index contributed by atoms with van der Waals surface area (Å²) < 4.78 is 41.7. The molecule has 0 spiro atoms. The molecule has 1 amide bonds. The second-order valence-electron chi connectivity index (χ2n) is 5.42. The van der Waals surface area contributed by atoms with Crippen molar-refractivity contribution in [3.63, 3.8) is 0 Å². The van der Waals surface area contributed by atoms with Gasteiger partial charge < -0.3 is 5.32 Å². The number of amides is 1. The average molecular weight is 373 g/mol. The second-order valence-corrected chi connectivity index (χ2v) is 5.42. The monoisotopic (exact) mass is 373 g/mol. The summed E-state index contributed by atoms with van der Waals surface area (Å²) in [6.45, 7) is 0. The van der Waals surface area contributed by atoms with Crippen molar-refractivity contribution in [3.05, 3.63) is 66.4 Å². The van der Waals surface area contributed by atoms with E-state index < -0.39 is 17.6 Å². The summed E-state index contributed by atoms with van der Waals surface area (Å²) in [7, 11) is 0. The summed E-state index contributed by atoms with van der Waals surface area (Å²) in [5, 5.41) is 10.5. The van der Waals surface area contributed by atoms with Gasteiger partial charge in [-0.15, -0.1) is 5.10 Å². The highest BCUT2D eigenvalue weighted by Gasteiger charge is 2.34. The first kappa shape index (κ1) is 16.7. The molecule has 27 heavy (non-hydrogen) atoms.